The van der Waals surface area contributed by atoms with Crippen LogP contribution in [0.5, 0.6) is 0 Å². The van der Waals surface area contributed by atoms with Gasteiger partial charge >= 0.3 is 6.18 Å². The SMILES string of the molecule is CC(C)N(CC(F)(F)F)C(=O)CC1CCC(N)CC1. The van der Waals surface area contributed by atoms with Crippen molar-refractivity contribution in [2.75, 3.05) is 6.54 Å². The molecule has 2 N–H and O–H groups in total. The Balaban J connectivity index is 2.53. The largest absolute Gasteiger partial charge is 0.406 e. The van der Waals surface area contributed by atoms with Crippen molar-refractivity contribution in [2.45, 2.75) is 64.2 Å². The van der Waals surface area contributed by atoms with Gasteiger partial charge in [0, 0.05) is 18.5 Å². The van der Waals surface area contributed by atoms with Crippen molar-refractivity contribution in [2.24, 2.45) is 11.7 Å². The van der Waals surface area contributed by atoms with Crippen LogP contribution in [0.1, 0.15) is 46.0 Å². The van der Waals surface area contributed by atoms with Crippen molar-refractivity contribution >= 4 is 5.91 Å². The zero-order chi connectivity index (χ0) is 14.6. The molecule has 0 saturated heterocycles. The lowest BCUT2D eigenvalue weighted by atomic mass is 9.84. The molecule has 19 heavy (non-hydrogen) atoms. The molecule has 0 aromatic carbocycles. The van der Waals surface area contributed by atoms with E-state index >= 15 is 0 Å². The predicted octanol–water partition coefficient (Wildman–Crippen LogP) is 2.69. The summed E-state index contributed by atoms with van der Waals surface area (Å²) in [6.45, 7) is 2.07. The molecule has 1 aliphatic rings. The van der Waals surface area contributed by atoms with Crippen LogP contribution < -0.4 is 5.73 Å². The van der Waals surface area contributed by atoms with Gasteiger partial charge in [-0.2, -0.15) is 13.2 Å². The van der Waals surface area contributed by atoms with Gasteiger partial charge in [-0.25, -0.2) is 0 Å². The number of alkyl halides is 3. The zero-order valence-electron chi connectivity index (χ0n) is 11.5. The first kappa shape index (κ1) is 16.3. The van der Waals surface area contributed by atoms with Gasteiger partial charge in [0.15, 0.2) is 0 Å². The van der Waals surface area contributed by atoms with Gasteiger partial charge in [-0.3, -0.25) is 4.79 Å². The molecule has 112 valence electrons. The minimum absolute atomic E-state index is 0.182. The Labute approximate surface area is 112 Å². The molecule has 1 fully saturated rings. The molecule has 0 unspecified atom stereocenters. The van der Waals surface area contributed by atoms with Gasteiger partial charge in [0.1, 0.15) is 6.54 Å². The minimum Gasteiger partial charge on any atom is -0.331 e. The fraction of sp³-hybridized carbons (Fsp3) is 0.923. The third-order valence-electron chi connectivity index (χ3n) is 3.65. The number of halogens is 3. The highest BCUT2D eigenvalue weighted by molar-refractivity contribution is 5.76. The van der Waals surface area contributed by atoms with Crippen molar-refractivity contribution in [1.29, 1.82) is 0 Å². The van der Waals surface area contributed by atoms with Crippen molar-refractivity contribution in [3.8, 4) is 0 Å². The number of rotatable bonds is 4. The van der Waals surface area contributed by atoms with Crippen LogP contribution in [0.2, 0.25) is 0 Å². The fourth-order valence-electron chi connectivity index (χ4n) is 2.51. The molecule has 6 heteroatoms. The average molecular weight is 280 g/mol. The maximum Gasteiger partial charge on any atom is 0.406 e. The molecule has 1 saturated carbocycles. The maximum atomic E-state index is 12.4. The van der Waals surface area contributed by atoms with Crippen molar-refractivity contribution in [3.63, 3.8) is 0 Å². The van der Waals surface area contributed by atoms with Gasteiger partial charge in [0.05, 0.1) is 0 Å². The van der Waals surface area contributed by atoms with Crippen LogP contribution in [0.4, 0.5) is 13.2 Å². The quantitative estimate of drug-likeness (QED) is 0.860. The number of nitrogens with zero attached hydrogens (tertiary/aromatic N) is 1. The smallest absolute Gasteiger partial charge is 0.331 e. The predicted molar refractivity (Wildman–Crippen MR) is 67.5 cm³/mol. The number of amides is 1. The summed E-state index contributed by atoms with van der Waals surface area (Å²) >= 11 is 0. The van der Waals surface area contributed by atoms with Gasteiger partial charge in [-0.05, 0) is 45.4 Å². The molecular formula is C13H23F3N2O. The number of hydrogen-bond acceptors (Lipinski definition) is 2. The van der Waals surface area contributed by atoms with E-state index in [-0.39, 0.29) is 18.4 Å². The summed E-state index contributed by atoms with van der Waals surface area (Å²) in [5, 5.41) is 0. The molecule has 0 atom stereocenters. The monoisotopic (exact) mass is 280 g/mol. The lowest BCUT2D eigenvalue weighted by molar-refractivity contribution is -0.165. The highest BCUT2D eigenvalue weighted by atomic mass is 19.4. The van der Waals surface area contributed by atoms with Crippen LogP contribution in [0.3, 0.4) is 0 Å². The number of carbonyl (C=O) groups excluding carboxylic acids is 1. The third kappa shape index (κ3) is 5.80. The number of carbonyl (C=O) groups is 1. The van der Waals surface area contributed by atoms with Gasteiger partial charge in [-0.1, -0.05) is 0 Å². The van der Waals surface area contributed by atoms with E-state index < -0.39 is 24.7 Å². The number of hydrogen-bond donors (Lipinski definition) is 1. The van der Waals surface area contributed by atoms with Crippen molar-refractivity contribution in [3.05, 3.63) is 0 Å². The van der Waals surface area contributed by atoms with Crippen LogP contribution >= 0.6 is 0 Å². The molecule has 0 bridgehead atoms. The molecule has 0 spiro atoms. The Morgan fingerprint density at radius 3 is 2.21 bits per heavy atom. The molecule has 1 aliphatic carbocycles. The van der Waals surface area contributed by atoms with Crippen LogP contribution in [-0.2, 0) is 4.79 Å². The summed E-state index contributed by atoms with van der Waals surface area (Å²) in [4.78, 5) is 12.9. The lowest BCUT2D eigenvalue weighted by Crippen LogP contribution is -2.44. The van der Waals surface area contributed by atoms with E-state index in [1.165, 1.54) is 0 Å². The molecule has 0 aromatic heterocycles. The Morgan fingerprint density at radius 1 is 1.26 bits per heavy atom. The van der Waals surface area contributed by atoms with Crippen molar-refractivity contribution < 1.29 is 18.0 Å². The second-order valence-electron chi connectivity index (χ2n) is 5.72. The van der Waals surface area contributed by atoms with Gasteiger partial charge in [0.25, 0.3) is 0 Å². The fourth-order valence-corrected chi connectivity index (χ4v) is 2.51. The number of nitrogens with two attached hydrogens (primary N) is 1. The summed E-state index contributed by atoms with van der Waals surface area (Å²) in [6, 6.07) is -0.247. The molecule has 0 aromatic rings. The Kier molecular flexibility index (Phi) is 5.64. The summed E-state index contributed by atoms with van der Waals surface area (Å²) in [5.74, 6) is -0.213. The van der Waals surface area contributed by atoms with E-state index in [1.807, 2.05) is 0 Å². The first-order valence-corrected chi connectivity index (χ1v) is 6.81. The van der Waals surface area contributed by atoms with E-state index in [0.29, 0.717) is 0 Å². The van der Waals surface area contributed by atoms with Crippen LogP contribution in [0.15, 0.2) is 0 Å². The van der Waals surface area contributed by atoms with Gasteiger partial charge in [-0.15, -0.1) is 0 Å². The van der Waals surface area contributed by atoms with Crippen molar-refractivity contribution in [1.82, 2.24) is 4.90 Å². The van der Waals surface area contributed by atoms with Crippen LogP contribution in [0, 0.1) is 5.92 Å². The standard InChI is InChI=1S/C13H23F3N2O/c1-9(2)18(8-13(14,15)16)12(19)7-10-3-5-11(17)6-4-10/h9-11H,3-8,17H2,1-2H3. The minimum atomic E-state index is -4.34. The average Bonchev–Trinajstić information content (AvgIpc) is 2.27. The topological polar surface area (TPSA) is 46.3 Å². The summed E-state index contributed by atoms with van der Waals surface area (Å²) in [5.41, 5.74) is 5.77. The Morgan fingerprint density at radius 2 is 1.79 bits per heavy atom. The molecule has 0 heterocycles. The first-order chi connectivity index (χ1) is 8.69. The summed E-state index contributed by atoms with van der Waals surface area (Å²) in [7, 11) is 0. The maximum absolute atomic E-state index is 12.4. The van der Waals surface area contributed by atoms with Crippen LogP contribution in [-0.4, -0.2) is 35.6 Å². The lowest BCUT2D eigenvalue weighted by Gasteiger charge is -2.31. The Bertz CT molecular complexity index is 297. The van der Waals surface area contributed by atoms with Gasteiger partial charge < -0.3 is 10.6 Å². The second-order valence-corrected chi connectivity index (χ2v) is 5.72. The summed E-state index contributed by atoms with van der Waals surface area (Å²) in [6.07, 6.45) is -0.733. The van der Waals surface area contributed by atoms with E-state index in [0.717, 1.165) is 30.6 Å². The first-order valence-electron chi connectivity index (χ1n) is 6.81. The summed E-state index contributed by atoms with van der Waals surface area (Å²) < 4.78 is 37.3. The van der Waals surface area contributed by atoms with E-state index in [2.05, 4.69) is 0 Å². The molecule has 0 aliphatic heterocycles. The zero-order valence-corrected chi connectivity index (χ0v) is 11.5. The normalized spacial score (nSPS) is 24.6. The van der Waals surface area contributed by atoms with E-state index in [1.54, 1.807) is 13.8 Å². The molecule has 1 amide bonds. The molecule has 0 radical (unpaired) electrons. The highest BCUT2D eigenvalue weighted by Crippen LogP contribution is 2.27. The Hall–Kier alpha value is -0.780. The molecule has 3 nitrogen and oxygen atoms in total. The highest BCUT2D eigenvalue weighted by Gasteiger charge is 2.35. The van der Waals surface area contributed by atoms with E-state index in [9.17, 15) is 18.0 Å². The van der Waals surface area contributed by atoms with Gasteiger partial charge in [0.2, 0.25) is 5.91 Å². The molecule has 1 rings (SSSR count). The van der Waals surface area contributed by atoms with E-state index in [4.69, 9.17) is 5.73 Å². The van der Waals surface area contributed by atoms with Crippen LogP contribution in [0.25, 0.3) is 0 Å². The second kappa shape index (κ2) is 6.59. The third-order valence-corrected chi connectivity index (χ3v) is 3.65. The molecular weight excluding hydrogens is 257 g/mol.